The molecule has 0 atom stereocenters. The fourth-order valence-corrected chi connectivity index (χ4v) is 7.01. The van der Waals surface area contributed by atoms with Gasteiger partial charge in [-0.1, -0.05) is 98.8 Å². The number of furan rings is 1. The van der Waals surface area contributed by atoms with Gasteiger partial charge < -0.3 is 18.7 Å². The molecule has 0 bridgehead atoms. The molecule has 1 aliphatic rings. The van der Waals surface area contributed by atoms with Gasteiger partial charge in [-0.15, -0.1) is 36.3 Å². The van der Waals surface area contributed by atoms with Crippen LogP contribution in [0.1, 0.15) is 57.6 Å². The zero-order chi connectivity index (χ0) is 33.6. The zero-order valence-electron chi connectivity index (χ0n) is 28.8. The number of fused-ring (bicyclic) bond motifs is 9. The van der Waals surface area contributed by atoms with E-state index in [1.54, 1.807) is 6.34 Å². The molecule has 0 saturated carbocycles. The molecular formula is C43H38IrN5O. The summed E-state index contributed by atoms with van der Waals surface area (Å²) in [6.45, 7) is 13.9. The maximum Gasteiger partial charge on any atom is 3.00 e. The van der Waals surface area contributed by atoms with E-state index in [0.29, 0.717) is 11.8 Å². The van der Waals surface area contributed by atoms with Gasteiger partial charge in [-0.05, 0) is 47.4 Å². The van der Waals surface area contributed by atoms with Gasteiger partial charge in [0, 0.05) is 34.8 Å². The number of nitrogens with zero attached hydrogens (tertiary/aromatic N) is 5. The Balaban J connectivity index is 0.000000164. The fourth-order valence-electron chi connectivity index (χ4n) is 7.01. The number of hydrogen-bond acceptors (Lipinski definition) is 5. The number of benzene rings is 5. The molecule has 3 aromatic heterocycles. The van der Waals surface area contributed by atoms with Crippen LogP contribution < -0.4 is 4.90 Å². The van der Waals surface area contributed by atoms with E-state index in [1.165, 1.54) is 38.7 Å². The first-order valence-electron chi connectivity index (χ1n) is 17.0. The van der Waals surface area contributed by atoms with Gasteiger partial charge in [0.25, 0.3) is 0 Å². The van der Waals surface area contributed by atoms with Gasteiger partial charge in [-0.25, -0.2) is 5.10 Å². The Kier molecular flexibility index (Phi) is 9.21. The van der Waals surface area contributed by atoms with Crippen molar-refractivity contribution in [2.45, 2.75) is 46.5 Å². The molecule has 7 heteroatoms. The third kappa shape index (κ3) is 5.65. The SMILES string of the molecule is CC(C)c1cccc(C(C)C)c1-c1cnc2c3[c-]cccc3c3ccccc3n12.CCN1[CH-]N(c2[c-]ccc3c2oc2ccccc23)C=N1.[Ir+3]. The molecule has 50 heavy (non-hydrogen) atoms. The molecule has 0 amide bonds. The number of aromatic nitrogens is 2. The molecule has 0 unspecified atom stereocenters. The zero-order valence-corrected chi connectivity index (χ0v) is 31.2. The molecule has 1 aliphatic heterocycles. The number of anilines is 1. The molecule has 0 fully saturated rings. The molecule has 5 aromatic carbocycles. The van der Waals surface area contributed by atoms with E-state index in [9.17, 15) is 0 Å². The first-order valence-corrected chi connectivity index (χ1v) is 17.0. The third-order valence-electron chi connectivity index (χ3n) is 9.39. The largest absolute Gasteiger partial charge is 3.00 e. The van der Waals surface area contributed by atoms with Gasteiger partial charge in [-0.3, -0.25) is 4.98 Å². The Morgan fingerprint density at radius 3 is 2.22 bits per heavy atom. The molecule has 0 radical (unpaired) electrons. The van der Waals surface area contributed by atoms with E-state index in [2.05, 4.69) is 123 Å². The summed E-state index contributed by atoms with van der Waals surface area (Å²) in [6, 6.07) is 40.3. The van der Waals surface area contributed by atoms with Gasteiger partial charge in [0.05, 0.1) is 17.7 Å². The van der Waals surface area contributed by atoms with Gasteiger partial charge in [0.15, 0.2) is 0 Å². The minimum Gasteiger partial charge on any atom is -0.514 e. The van der Waals surface area contributed by atoms with Crippen LogP contribution in [-0.4, -0.2) is 27.3 Å². The molecule has 8 aromatic rings. The summed E-state index contributed by atoms with van der Waals surface area (Å²) < 4.78 is 8.33. The molecule has 0 aliphatic carbocycles. The van der Waals surface area contributed by atoms with Crippen LogP contribution in [0.4, 0.5) is 5.69 Å². The number of para-hydroxylation sites is 2. The van der Waals surface area contributed by atoms with E-state index in [1.807, 2.05) is 53.0 Å². The average Bonchev–Trinajstić information content (AvgIpc) is 3.89. The predicted octanol–water partition coefficient (Wildman–Crippen LogP) is 10.9. The number of pyridine rings is 1. The van der Waals surface area contributed by atoms with Crippen molar-refractivity contribution in [3.05, 3.63) is 133 Å². The predicted molar refractivity (Wildman–Crippen MR) is 203 cm³/mol. The van der Waals surface area contributed by atoms with Crippen LogP contribution in [0.2, 0.25) is 0 Å². The quantitative estimate of drug-likeness (QED) is 0.128. The van der Waals surface area contributed by atoms with Gasteiger partial charge in [0.2, 0.25) is 0 Å². The van der Waals surface area contributed by atoms with Crippen molar-refractivity contribution in [2.75, 3.05) is 11.4 Å². The van der Waals surface area contributed by atoms with Crippen LogP contribution in [0.3, 0.4) is 0 Å². The number of hydrazone groups is 1. The molecule has 4 heterocycles. The second kappa shape index (κ2) is 13.7. The van der Waals surface area contributed by atoms with E-state index in [0.717, 1.165) is 45.2 Å². The van der Waals surface area contributed by atoms with E-state index in [-0.39, 0.29) is 20.1 Å². The van der Waals surface area contributed by atoms with Crippen LogP contribution in [0.25, 0.3) is 60.5 Å². The summed E-state index contributed by atoms with van der Waals surface area (Å²) in [5, 5.41) is 11.9. The molecule has 6 nitrogen and oxygen atoms in total. The number of rotatable bonds is 5. The van der Waals surface area contributed by atoms with Crippen LogP contribution in [0.15, 0.2) is 113 Å². The van der Waals surface area contributed by atoms with Crippen molar-refractivity contribution in [3.8, 4) is 11.3 Å². The summed E-state index contributed by atoms with van der Waals surface area (Å²) >= 11 is 0. The van der Waals surface area contributed by atoms with Gasteiger partial charge >= 0.3 is 20.1 Å². The Morgan fingerprint density at radius 1 is 0.760 bits per heavy atom. The van der Waals surface area contributed by atoms with Crippen LogP contribution in [0.5, 0.6) is 0 Å². The molecular weight excluding hydrogens is 795 g/mol. The summed E-state index contributed by atoms with van der Waals surface area (Å²) in [6.07, 6.45) is 3.83. The Labute approximate surface area is 306 Å². The summed E-state index contributed by atoms with van der Waals surface area (Å²) in [4.78, 5) is 6.84. The van der Waals surface area contributed by atoms with Crippen molar-refractivity contribution < 1.29 is 24.5 Å². The van der Waals surface area contributed by atoms with Crippen molar-refractivity contribution in [1.82, 2.24) is 14.4 Å². The van der Waals surface area contributed by atoms with Crippen molar-refractivity contribution in [2.24, 2.45) is 5.10 Å². The van der Waals surface area contributed by atoms with E-state index < -0.39 is 0 Å². The normalized spacial score (nSPS) is 12.9. The van der Waals surface area contributed by atoms with E-state index in [4.69, 9.17) is 9.40 Å². The Hall–Kier alpha value is -4.97. The van der Waals surface area contributed by atoms with Gasteiger partial charge in [0.1, 0.15) is 5.58 Å². The average molecular weight is 833 g/mol. The molecule has 0 N–H and O–H groups in total. The minimum atomic E-state index is 0. The van der Waals surface area contributed by atoms with Crippen molar-refractivity contribution in [3.63, 3.8) is 0 Å². The molecule has 9 rings (SSSR count). The number of hydrogen-bond donors (Lipinski definition) is 0. The summed E-state index contributed by atoms with van der Waals surface area (Å²) in [5.41, 5.74) is 10.0. The van der Waals surface area contributed by atoms with E-state index >= 15 is 0 Å². The maximum absolute atomic E-state index is 5.99. The Morgan fingerprint density at radius 2 is 1.48 bits per heavy atom. The van der Waals surface area contributed by atoms with Gasteiger partial charge in [-0.2, -0.15) is 18.2 Å². The van der Waals surface area contributed by atoms with Crippen molar-refractivity contribution >= 4 is 61.3 Å². The maximum atomic E-state index is 5.99. The Bertz CT molecular complexity index is 2480. The van der Waals surface area contributed by atoms with Crippen LogP contribution >= 0.6 is 0 Å². The minimum absolute atomic E-state index is 0. The van der Waals surface area contributed by atoms with Crippen LogP contribution in [-0.2, 0) is 20.1 Å². The summed E-state index contributed by atoms with van der Waals surface area (Å²) in [7, 11) is 0. The second-order valence-electron chi connectivity index (χ2n) is 13.1. The fraction of sp³-hybridized carbons (Fsp3) is 0.186. The standard InChI is InChI=1S/C27H25N2.C16H13N3O.Ir/c1-17(2)19-13-9-14-20(18(3)4)26(19)25-16-28-27-23-12-6-5-10-21(23)22-11-7-8-15-24(22)29(25)27;1-2-19-11-18(10-17-19)14-8-5-7-13-12-6-3-4-9-15(12)20-16(13)14;/h5-11,13-18H,1-4H3;3-7,9-11H,2H2,1H3;/q-1;-2;+3. The van der Waals surface area contributed by atoms with Crippen LogP contribution in [0, 0.1) is 18.8 Å². The second-order valence-corrected chi connectivity index (χ2v) is 13.1. The monoisotopic (exact) mass is 833 g/mol. The first kappa shape index (κ1) is 33.5. The third-order valence-corrected chi connectivity index (χ3v) is 9.39. The smallest absolute Gasteiger partial charge is 0.514 e. The molecule has 0 spiro atoms. The first-order chi connectivity index (χ1) is 23.9. The molecule has 250 valence electrons. The summed E-state index contributed by atoms with van der Waals surface area (Å²) in [5.74, 6) is 0.875. The van der Waals surface area contributed by atoms with Crippen molar-refractivity contribution in [1.29, 1.82) is 0 Å². The topological polar surface area (TPSA) is 49.3 Å². The molecule has 0 saturated heterocycles. The number of imidazole rings is 1.